The average molecular weight is 447 g/mol. The summed E-state index contributed by atoms with van der Waals surface area (Å²) in [6.07, 6.45) is 4.19. The number of hydrogen-bond donors (Lipinski definition) is 3. The smallest absolute Gasteiger partial charge is 0.242 e. The van der Waals surface area contributed by atoms with E-state index in [0.717, 1.165) is 0 Å². The Balaban J connectivity index is 1.84. The Morgan fingerprint density at radius 1 is 1.24 bits per heavy atom. The number of pyridine rings is 1. The standard InChI is InChI=1S/C17H30N6O4S2/c1-3-19-17(22-15-7-12-23(13-8-15)28(24,25)4-2)20-10-11-21-29(26,27)16-6-5-9-18-14-16/h5-6,9,14-15,21H,3-4,7-8,10-13H2,1-2H3,(H2,19,20,22). The van der Waals surface area contributed by atoms with Gasteiger partial charge in [0.05, 0.1) is 12.3 Å². The minimum atomic E-state index is -3.61. The lowest BCUT2D eigenvalue weighted by atomic mass is 10.1. The van der Waals surface area contributed by atoms with Crippen LogP contribution in [0.2, 0.25) is 0 Å². The zero-order chi connectivity index (χ0) is 21.3. The third-order valence-electron chi connectivity index (χ3n) is 4.52. The summed E-state index contributed by atoms with van der Waals surface area (Å²) in [6, 6.07) is 3.16. The minimum Gasteiger partial charge on any atom is -0.357 e. The maximum Gasteiger partial charge on any atom is 0.242 e. The first-order valence-corrected chi connectivity index (χ1v) is 12.8. The van der Waals surface area contributed by atoms with E-state index in [2.05, 4.69) is 25.3 Å². The molecule has 1 aliphatic rings. The van der Waals surface area contributed by atoms with Crippen molar-refractivity contribution in [3.8, 4) is 0 Å². The maximum absolute atomic E-state index is 12.2. The maximum atomic E-state index is 12.2. The average Bonchev–Trinajstić information content (AvgIpc) is 2.72. The van der Waals surface area contributed by atoms with Gasteiger partial charge in [0.2, 0.25) is 20.0 Å². The van der Waals surface area contributed by atoms with Crippen LogP contribution < -0.4 is 15.4 Å². The summed E-state index contributed by atoms with van der Waals surface area (Å²) in [5, 5.41) is 6.44. The fraction of sp³-hybridized carbons (Fsp3) is 0.647. The summed E-state index contributed by atoms with van der Waals surface area (Å²) in [6.45, 7) is 5.64. The summed E-state index contributed by atoms with van der Waals surface area (Å²) < 4.78 is 52.3. The Kier molecular flexibility index (Phi) is 8.80. The molecule has 0 spiro atoms. The molecule has 1 aromatic heterocycles. The zero-order valence-corrected chi connectivity index (χ0v) is 18.5. The number of hydrogen-bond acceptors (Lipinski definition) is 6. The first-order chi connectivity index (χ1) is 13.8. The van der Waals surface area contributed by atoms with Gasteiger partial charge in [-0.2, -0.15) is 0 Å². The van der Waals surface area contributed by atoms with Crippen molar-refractivity contribution in [1.82, 2.24) is 24.6 Å². The van der Waals surface area contributed by atoms with E-state index < -0.39 is 20.0 Å². The SMILES string of the molecule is CCNC(=NCCNS(=O)(=O)c1cccnc1)NC1CCN(S(=O)(=O)CC)CC1. The van der Waals surface area contributed by atoms with Gasteiger partial charge in [-0.3, -0.25) is 9.98 Å². The van der Waals surface area contributed by atoms with Gasteiger partial charge in [-0.1, -0.05) is 0 Å². The van der Waals surface area contributed by atoms with Crippen molar-refractivity contribution in [1.29, 1.82) is 0 Å². The van der Waals surface area contributed by atoms with E-state index in [4.69, 9.17) is 0 Å². The van der Waals surface area contributed by atoms with Gasteiger partial charge in [0, 0.05) is 44.6 Å². The molecule has 12 heteroatoms. The third kappa shape index (κ3) is 7.21. The van der Waals surface area contributed by atoms with Crippen LogP contribution in [0.1, 0.15) is 26.7 Å². The van der Waals surface area contributed by atoms with Crippen LogP contribution in [-0.2, 0) is 20.0 Å². The Labute approximate surface area is 173 Å². The first-order valence-electron chi connectivity index (χ1n) is 9.71. The van der Waals surface area contributed by atoms with Gasteiger partial charge in [-0.15, -0.1) is 0 Å². The van der Waals surface area contributed by atoms with Crippen LogP contribution in [0.3, 0.4) is 0 Å². The summed E-state index contributed by atoms with van der Waals surface area (Å²) in [5.41, 5.74) is 0. The molecule has 2 rings (SSSR count). The summed E-state index contributed by atoms with van der Waals surface area (Å²) in [4.78, 5) is 8.34. The van der Waals surface area contributed by atoms with Crippen molar-refractivity contribution in [2.75, 3.05) is 38.5 Å². The van der Waals surface area contributed by atoms with E-state index in [1.807, 2.05) is 6.92 Å². The van der Waals surface area contributed by atoms with E-state index in [1.54, 1.807) is 13.0 Å². The lowest BCUT2D eigenvalue weighted by Crippen LogP contribution is -2.50. The molecule has 3 N–H and O–H groups in total. The van der Waals surface area contributed by atoms with Crippen molar-refractivity contribution >= 4 is 26.0 Å². The molecule has 1 aliphatic heterocycles. The lowest BCUT2D eigenvalue weighted by Gasteiger charge is -2.32. The number of aliphatic imine (C=N–C) groups is 1. The number of rotatable bonds is 9. The molecule has 1 saturated heterocycles. The molecule has 1 aromatic rings. The topological polar surface area (TPSA) is 133 Å². The van der Waals surface area contributed by atoms with E-state index in [9.17, 15) is 16.8 Å². The summed E-state index contributed by atoms with van der Waals surface area (Å²) in [5.74, 6) is 0.703. The molecular weight excluding hydrogens is 416 g/mol. The molecule has 10 nitrogen and oxygen atoms in total. The predicted molar refractivity (Wildman–Crippen MR) is 113 cm³/mol. The van der Waals surface area contributed by atoms with Gasteiger partial charge in [0.1, 0.15) is 4.90 Å². The Morgan fingerprint density at radius 2 is 1.97 bits per heavy atom. The second kappa shape index (κ2) is 10.9. The van der Waals surface area contributed by atoms with Gasteiger partial charge in [-0.05, 0) is 38.8 Å². The molecule has 0 amide bonds. The number of guanidine groups is 1. The van der Waals surface area contributed by atoms with Crippen molar-refractivity contribution in [2.45, 2.75) is 37.6 Å². The highest BCUT2D eigenvalue weighted by Gasteiger charge is 2.27. The van der Waals surface area contributed by atoms with Crippen molar-refractivity contribution in [3.05, 3.63) is 24.5 Å². The Bertz CT molecular complexity index is 866. The van der Waals surface area contributed by atoms with Gasteiger partial charge >= 0.3 is 0 Å². The van der Waals surface area contributed by atoms with E-state index >= 15 is 0 Å². The third-order valence-corrected chi connectivity index (χ3v) is 7.84. The molecule has 1 fully saturated rings. The van der Waals surface area contributed by atoms with Crippen LogP contribution in [0.25, 0.3) is 0 Å². The highest BCUT2D eigenvalue weighted by atomic mass is 32.2. The highest BCUT2D eigenvalue weighted by Crippen LogP contribution is 2.14. The van der Waals surface area contributed by atoms with Crippen LogP contribution >= 0.6 is 0 Å². The molecule has 0 radical (unpaired) electrons. The van der Waals surface area contributed by atoms with E-state index in [-0.39, 0.29) is 29.8 Å². The fourth-order valence-electron chi connectivity index (χ4n) is 2.91. The van der Waals surface area contributed by atoms with Crippen LogP contribution in [-0.4, -0.2) is 76.6 Å². The molecular formula is C17H30N6O4S2. The fourth-order valence-corrected chi connectivity index (χ4v) is 5.03. The molecule has 0 bridgehead atoms. The van der Waals surface area contributed by atoms with Crippen molar-refractivity contribution < 1.29 is 16.8 Å². The van der Waals surface area contributed by atoms with Crippen molar-refractivity contribution in [2.24, 2.45) is 4.99 Å². The van der Waals surface area contributed by atoms with Crippen LogP contribution in [0.4, 0.5) is 0 Å². The van der Waals surface area contributed by atoms with E-state index in [1.165, 1.54) is 22.8 Å². The van der Waals surface area contributed by atoms with Crippen LogP contribution in [0.5, 0.6) is 0 Å². The number of piperidine rings is 1. The molecule has 2 heterocycles. The lowest BCUT2D eigenvalue weighted by molar-refractivity contribution is 0.306. The molecule has 0 atom stereocenters. The van der Waals surface area contributed by atoms with Crippen LogP contribution in [0, 0.1) is 0 Å². The molecule has 0 saturated carbocycles. The number of nitrogens with zero attached hydrogens (tertiary/aromatic N) is 3. The number of nitrogens with one attached hydrogen (secondary N) is 3. The molecule has 164 valence electrons. The summed E-state index contributed by atoms with van der Waals surface area (Å²) >= 11 is 0. The highest BCUT2D eigenvalue weighted by molar-refractivity contribution is 7.89. The van der Waals surface area contributed by atoms with Gasteiger partial charge in [-0.25, -0.2) is 25.9 Å². The van der Waals surface area contributed by atoms with Gasteiger partial charge in [0.15, 0.2) is 5.96 Å². The number of sulfonamides is 2. The Morgan fingerprint density at radius 3 is 2.55 bits per heavy atom. The monoisotopic (exact) mass is 446 g/mol. The Hall–Kier alpha value is -1.76. The number of aromatic nitrogens is 1. The normalized spacial score (nSPS) is 17.2. The second-order valence-corrected chi connectivity index (χ2v) is 10.6. The van der Waals surface area contributed by atoms with Crippen LogP contribution in [0.15, 0.2) is 34.4 Å². The predicted octanol–water partition coefficient (Wildman–Crippen LogP) is -0.271. The van der Waals surface area contributed by atoms with Gasteiger partial charge < -0.3 is 10.6 Å². The molecule has 29 heavy (non-hydrogen) atoms. The molecule has 0 aliphatic carbocycles. The summed E-state index contributed by atoms with van der Waals surface area (Å²) in [7, 11) is -6.75. The zero-order valence-electron chi connectivity index (χ0n) is 16.8. The van der Waals surface area contributed by atoms with Crippen molar-refractivity contribution in [3.63, 3.8) is 0 Å². The quantitative estimate of drug-likeness (QED) is 0.270. The largest absolute Gasteiger partial charge is 0.357 e. The molecule has 0 aromatic carbocycles. The van der Waals surface area contributed by atoms with E-state index in [0.29, 0.717) is 38.4 Å². The first kappa shape index (κ1) is 23.5. The molecule has 0 unspecified atom stereocenters. The van der Waals surface area contributed by atoms with Gasteiger partial charge in [0.25, 0.3) is 0 Å². The minimum absolute atomic E-state index is 0.114. The second-order valence-electron chi connectivity index (χ2n) is 6.57.